The Morgan fingerprint density at radius 2 is 2.00 bits per heavy atom. The first-order valence-corrected chi connectivity index (χ1v) is 6.73. The zero-order chi connectivity index (χ0) is 12.8. The van der Waals surface area contributed by atoms with Crippen molar-refractivity contribution in [1.29, 1.82) is 0 Å². The van der Waals surface area contributed by atoms with E-state index in [2.05, 4.69) is 29.1 Å². The fraction of sp³-hybridized carbons (Fsp3) is 0.467. The average Bonchev–Trinajstić information content (AvgIpc) is 2.42. The van der Waals surface area contributed by atoms with Crippen LogP contribution in [0.5, 0.6) is 0 Å². The van der Waals surface area contributed by atoms with Crippen molar-refractivity contribution in [2.24, 2.45) is 0 Å². The number of nitrogens with zero attached hydrogens (tertiary/aromatic N) is 2. The molecule has 0 saturated carbocycles. The fourth-order valence-electron chi connectivity index (χ4n) is 1.97. The van der Waals surface area contributed by atoms with E-state index in [4.69, 9.17) is 0 Å². The van der Waals surface area contributed by atoms with E-state index in [1.54, 1.807) is 0 Å². The van der Waals surface area contributed by atoms with Crippen molar-refractivity contribution in [1.82, 2.24) is 15.3 Å². The van der Waals surface area contributed by atoms with E-state index < -0.39 is 0 Å². The lowest BCUT2D eigenvalue weighted by molar-refractivity contribution is 0.491. The van der Waals surface area contributed by atoms with E-state index in [0.29, 0.717) is 6.04 Å². The molecule has 1 aromatic heterocycles. The smallest absolute Gasteiger partial charge is 0.0890 e. The van der Waals surface area contributed by atoms with E-state index in [-0.39, 0.29) is 0 Å². The zero-order valence-electron chi connectivity index (χ0n) is 11.2. The molecule has 18 heavy (non-hydrogen) atoms. The molecular formula is C15H21N3. The molecular weight excluding hydrogens is 222 g/mol. The zero-order valence-corrected chi connectivity index (χ0v) is 11.2. The van der Waals surface area contributed by atoms with Gasteiger partial charge in [0.25, 0.3) is 0 Å². The SMILES string of the molecule is CCCCC(C)NCc1cnc2ccccc2n1. The molecule has 0 fully saturated rings. The molecule has 3 nitrogen and oxygen atoms in total. The van der Waals surface area contributed by atoms with Gasteiger partial charge in [-0.1, -0.05) is 31.9 Å². The molecule has 1 N–H and O–H groups in total. The summed E-state index contributed by atoms with van der Waals surface area (Å²) in [4.78, 5) is 9.02. The van der Waals surface area contributed by atoms with Gasteiger partial charge in [0.15, 0.2) is 0 Å². The summed E-state index contributed by atoms with van der Waals surface area (Å²) in [5, 5.41) is 3.50. The van der Waals surface area contributed by atoms with Crippen molar-refractivity contribution < 1.29 is 0 Å². The third-order valence-corrected chi connectivity index (χ3v) is 3.12. The van der Waals surface area contributed by atoms with Crippen LogP contribution < -0.4 is 5.32 Å². The lowest BCUT2D eigenvalue weighted by atomic mass is 10.1. The first-order valence-electron chi connectivity index (χ1n) is 6.73. The Bertz CT molecular complexity index is 496. The van der Waals surface area contributed by atoms with E-state index in [1.165, 1.54) is 19.3 Å². The van der Waals surface area contributed by atoms with Crippen LogP contribution in [-0.4, -0.2) is 16.0 Å². The number of rotatable bonds is 6. The van der Waals surface area contributed by atoms with E-state index in [0.717, 1.165) is 23.3 Å². The molecule has 0 aliphatic carbocycles. The molecule has 0 radical (unpaired) electrons. The highest BCUT2D eigenvalue weighted by Crippen LogP contribution is 2.08. The van der Waals surface area contributed by atoms with Crippen molar-refractivity contribution in [2.75, 3.05) is 0 Å². The van der Waals surface area contributed by atoms with Gasteiger partial charge in [0.1, 0.15) is 0 Å². The van der Waals surface area contributed by atoms with Gasteiger partial charge in [0.2, 0.25) is 0 Å². The second-order valence-corrected chi connectivity index (χ2v) is 4.77. The van der Waals surface area contributed by atoms with Gasteiger partial charge in [-0.05, 0) is 25.5 Å². The number of hydrogen-bond donors (Lipinski definition) is 1. The number of unbranched alkanes of at least 4 members (excludes halogenated alkanes) is 1. The maximum absolute atomic E-state index is 4.60. The van der Waals surface area contributed by atoms with Crippen LogP contribution in [0.2, 0.25) is 0 Å². The van der Waals surface area contributed by atoms with Crippen LogP contribution in [0.15, 0.2) is 30.5 Å². The Hall–Kier alpha value is -1.48. The molecule has 0 saturated heterocycles. The van der Waals surface area contributed by atoms with Gasteiger partial charge in [-0.25, -0.2) is 4.98 Å². The normalized spacial score (nSPS) is 12.8. The summed E-state index contributed by atoms with van der Waals surface area (Å²) < 4.78 is 0. The maximum Gasteiger partial charge on any atom is 0.0890 e. The molecule has 0 aliphatic heterocycles. The Balaban J connectivity index is 1.95. The summed E-state index contributed by atoms with van der Waals surface area (Å²) >= 11 is 0. The molecule has 0 bridgehead atoms. The number of para-hydroxylation sites is 2. The molecule has 3 heteroatoms. The number of benzene rings is 1. The Morgan fingerprint density at radius 3 is 2.78 bits per heavy atom. The van der Waals surface area contributed by atoms with E-state index >= 15 is 0 Å². The van der Waals surface area contributed by atoms with Crippen LogP contribution in [0.1, 0.15) is 38.8 Å². The van der Waals surface area contributed by atoms with Crippen LogP contribution in [0.25, 0.3) is 11.0 Å². The molecule has 1 heterocycles. The van der Waals surface area contributed by atoms with Crippen molar-refractivity contribution >= 4 is 11.0 Å². The van der Waals surface area contributed by atoms with Crippen LogP contribution in [0.3, 0.4) is 0 Å². The molecule has 2 aromatic rings. The minimum Gasteiger partial charge on any atom is -0.309 e. The molecule has 1 unspecified atom stereocenters. The molecule has 0 spiro atoms. The van der Waals surface area contributed by atoms with Gasteiger partial charge >= 0.3 is 0 Å². The molecule has 1 atom stereocenters. The predicted octanol–water partition coefficient (Wildman–Crippen LogP) is 3.30. The quantitative estimate of drug-likeness (QED) is 0.846. The second-order valence-electron chi connectivity index (χ2n) is 4.77. The number of fused-ring (bicyclic) bond motifs is 1. The summed E-state index contributed by atoms with van der Waals surface area (Å²) in [5.41, 5.74) is 2.94. The van der Waals surface area contributed by atoms with Crippen LogP contribution in [0, 0.1) is 0 Å². The van der Waals surface area contributed by atoms with E-state index in [1.807, 2.05) is 30.5 Å². The van der Waals surface area contributed by atoms with Gasteiger partial charge in [0, 0.05) is 12.6 Å². The molecule has 0 aliphatic rings. The molecule has 0 amide bonds. The van der Waals surface area contributed by atoms with Gasteiger partial charge in [0.05, 0.1) is 22.9 Å². The molecule has 2 rings (SSSR count). The first-order chi connectivity index (χ1) is 8.79. The predicted molar refractivity (Wildman–Crippen MR) is 75.4 cm³/mol. The summed E-state index contributed by atoms with van der Waals surface area (Å²) in [5.74, 6) is 0. The van der Waals surface area contributed by atoms with Crippen LogP contribution in [0.4, 0.5) is 0 Å². The Morgan fingerprint density at radius 1 is 1.22 bits per heavy atom. The Labute approximate surface area is 109 Å². The van der Waals surface area contributed by atoms with Crippen molar-refractivity contribution in [2.45, 2.75) is 45.7 Å². The number of aromatic nitrogens is 2. The molecule has 1 aromatic carbocycles. The summed E-state index contributed by atoms with van der Waals surface area (Å²) in [6.07, 6.45) is 5.61. The average molecular weight is 243 g/mol. The Kier molecular flexibility index (Phi) is 4.65. The highest BCUT2D eigenvalue weighted by Gasteiger charge is 2.03. The topological polar surface area (TPSA) is 37.8 Å². The van der Waals surface area contributed by atoms with Gasteiger partial charge in [-0.15, -0.1) is 0 Å². The monoisotopic (exact) mass is 243 g/mol. The van der Waals surface area contributed by atoms with Crippen molar-refractivity contribution in [3.8, 4) is 0 Å². The highest BCUT2D eigenvalue weighted by atomic mass is 14.9. The standard InChI is InChI=1S/C15H21N3/c1-3-4-7-12(2)16-10-13-11-17-14-8-5-6-9-15(14)18-13/h5-6,8-9,11-12,16H,3-4,7,10H2,1-2H3. The van der Waals surface area contributed by atoms with E-state index in [9.17, 15) is 0 Å². The van der Waals surface area contributed by atoms with Crippen LogP contribution in [-0.2, 0) is 6.54 Å². The summed E-state index contributed by atoms with van der Waals surface area (Å²) in [6.45, 7) is 5.24. The lowest BCUT2D eigenvalue weighted by Gasteiger charge is -2.12. The minimum atomic E-state index is 0.540. The van der Waals surface area contributed by atoms with Crippen molar-refractivity contribution in [3.05, 3.63) is 36.2 Å². The largest absolute Gasteiger partial charge is 0.309 e. The second kappa shape index (κ2) is 6.45. The fourth-order valence-corrected chi connectivity index (χ4v) is 1.97. The third kappa shape index (κ3) is 3.50. The number of nitrogens with one attached hydrogen (secondary N) is 1. The number of hydrogen-bond acceptors (Lipinski definition) is 3. The lowest BCUT2D eigenvalue weighted by Crippen LogP contribution is -2.25. The van der Waals surface area contributed by atoms with Crippen LogP contribution >= 0.6 is 0 Å². The highest BCUT2D eigenvalue weighted by molar-refractivity contribution is 5.73. The summed E-state index contributed by atoms with van der Waals surface area (Å²) in [7, 11) is 0. The summed E-state index contributed by atoms with van der Waals surface area (Å²) in [6, 6.07) is 8.52. The first kappa shape index (κ1) is 13.0. The minimum absolute atomic E-state index is 0.540. The van der Waals surface area contributed by atoms with Gasteiger partial charge in [-0.3, -0.25) is 4.98 Å². The van der Waals surface area contributed by atoms with Crippen molar-refractivity contribution in [3.63, 3.8) is 0 Å². The third-order valence-electron chi connectivity index (χ3n) is 3.12. The van der Waals surface area contributed by atoms with Gasteiger partial charge in [-0.2, -0.15) is 0 Å². The molecule has 96 valence electrons. The maximum atomic E-state index is 4.60. The van der Waals surface area contributed by atoms with Gasteiger partial charge < -0.3 is 5.32 Å².